The molecule has 0 saturated heterocycles. The van der Waals surface area contributed by atoms with Gasteiger partial charge >= 0.3 is 11.9 Å². The molecule has 0 aliphatic carbocycles. The molecule has 1 aromatic heterocycles. The van der Waals surface area contributed by atoms with Crippen LogP contribution in [-0.4, -0.2) is 34.0 Å². The highest BCUT2D eigenvalue weighted by atomic mass is 32.2. The van der Waals surface area contributed by atoms with Crippen LogP contribution >= 0.6 is 0 Å². The van der Waals surface area contributed by atoms with Crippen molar-refractivity contribution in [1.29, 1.82) is 0 Å². The molecule has 162 valence electrons. The van der Waals surface area contributed by atoms with Crippen LogP contribution in [0.4, 0.5) is 5.69 Å². The van der Waals surface area contributed by atoms with Gasteiger partial charge in [0.25, 0.3) is 10.0 Å². The van der Waals surface area contributed by atoms with Crippen LogP contribution in [0.15, 0.2) is 76.2 Å². The monoisotopic (exact) mass is 443 g/mol. The Balaban J connectivity index is 1.73. The van der Waals surface area contributed by atoms with Gasteiger partial charge in [0.1, 0.15) is 5.56 Å². The first-order valence-corrected chi connectivity index (χ1v) is 10.8. The van der Waals surface area contributed by atoms with Gasteiger partial charge in [0.2, 0.25) is 0 Å². The third kappa shape index (κ3) is 4.77. The van der Waals surface area contributed by atoms with Gasteiger partial charge in [-0.2, -0.15) is 0 Å². The van der Waals surface area contributed by atoms with E-state index in [0.29, 0.717) is 5.69 Å². The fraction of sp³-hybridized carbons (Fsp3) is 0.182. The number of esters is 2. The molecule has 0 saturated carbocycles. The van der Waals surface area contributed by atoms with Gasteiger partial charge in [0.15, 0.2) is 12.4 Å². The number of nitrogens with zero attached hydrogens (tertiary/aromatic N) is 1. The van der Waals surface area contributed by atoms with Crippen LogP contribution in [0.3, 0.4) is 0 Å². The molecule has 0 aliphatic heterocycles. The number of furan rings is 1. The number of para-hydroxylation sites is 1. The van der Waals surface area contributed by atoms with E-state index in [2.05, 4.69) is 4.74 Å². The van der Waals surface area contributed by atoms with E-state index in [4.69, 9.17) is 9.15 Å². The lowest BCUT2D eigenvalue weighted by atomic mass is 10.2. The summed E-state index contributed by atoms with van der Waals surface area (Å²) in [5.74, 6) is -1.14. The van der Waals surface area contributed by atoms with E-state index in [0.717, 1.165) is 0 Å². The van der Waals surface area contributed by atoms with Gasteiger partial charge in [-0.15, -0.1) is 0 Å². The molecule has 0 amide bonds. The van der Waals surface area contributed by atoms with Crippen LogP contribution in [0.25, 0.3) is 0 Å². The van der Waals surface area contributed by atoms with Gasteiger partial charge in [-0.1, -0.05) is 18.2 Å². The number of hydrogen-bond donors (Lipinski definition) is 0. The van der Waals surface area contributed by atoms with E-state index in [1.54, 1.807) is 37.3 Å². The predicted octanol–water partition coefficient (Wildman–Crippen LogP) is 3.64. The molecule has 0 spiro atoms. The maximum atomic E-state index is 13.0. The lowest BCUT2D eigenvalue weighted by Crippen LogP contribution is -2.30. The van der Waals surface area contributed by atoms with Gasteiger partial charge in [0.05, 0.1) is 29.5 Å². The first-order valence-electron chi connectivity index (χ1n) is 9.38. The Morgan fingerprint density at radius 3 is 2.26 bits per heavy atom. The molecule has 0 unspecified atom stereocenters. The van der Waals surface area contributed by atoms with Gasteiger partial charge in [0, 0.05) is 6.54 Å². The highest BCUT2D eigenvalue weighted by Gasteiger charge is 2.24. The molecule has 0 N–H and O–H groups in total. The Morgan fingerprint density at radius 2 is 1.65 bits per heavy atom. The number of hydrogen-bond acceptors (Lipinski definition) is 7. The zero-order chi connectivity index (χ0) is 22.4. The lowest BCUT2D eigenvalue weighted by molar-refractivity contribution is 0.0432. The van der Waals surface area contributed by atoms with Gasteiger partial charge in [-0.05, 0) is 49.4 Å². The van der Waals surface area contributed by atoms with Crippen LogP contribution < -0.4 is 4.31 Å². The second-order valence-corrected chi connectivity index (χ2v) is 8.22. The second kappa shape index (κ2) is 9.48. The molecule has 0 aliphatic rings. The van der Waals surface area contributed by atoms with E-state index in [-0.39, 0.29) is 34.9 Å². The van der Waals surface area contributed by atoms with Gasteiger partial charge in [-0.3, -0.25) is 4.31 Å². The molecule has 3 rings (SSSR count). The van der Waals surface area contributed by atoms with Crippen molar-refractivity contribution >= 4 is 27.6 Å². The maximum absolute atomic E-state index is 13.0. The number of rotatable bonds is 8. The zero-order valence-corrected chi connectivity index (χ0v) is 17.8. The Labute approximate surface area is 180 Å². The normalized spacial score (nSPS) is 11.0. The van der Waals surface area contributed by atoms with Crippen molar-refractivity contribution in [3.05, 3.63) is 83.8 Å². The summed E-state index contributed by atoms with van der Waals surface area (Å²) in [4.78, 5) is 24.0. The summed E-state index contributed by atoms with van der Waals surface area (Å²) in [6.07, 6.45) is 1.29. The number of benzene rings is 2. The molecule has 8 nitrogen and oxygen atoms in total. The smallest absolute Gasteiger partial charge is 0.341 e. The fourth-order valence-corrected chi connectivity index (χ4v) is 4.41. The molecule has 0 fully saturated rings. The summed E-state index contributed by atoms with van der Waals surface area (Å²) < 4.78 is 42.3. The van der Waals surface area contributed by atoms with E-state index in [9.17, 15) is 18.0 Å². The van der Waals surface area contributed by atoms with Crippen molar-refractivity contribution in [3.63, 3.8) is 0 Å². The molecule has 0 bridgehead atoms. The van der Waals surface area contributed by atoms with Crippen molar-refractivity contribution in [2.75, 3.05) is 18.0 Å². The van der Waals surface area contributed by atoms with Crippen molar-refractivity contribution in [2.45, 2.75) is 18.4 Å². The summed E-state index contributed by atoms with van der Waals surface area (Å²) in [5, 5.41) is 0. The van der Waals surface area contributed by atoms with Crippen LogP contribution in [0.2, 0.25) is 0 Å². The highest BCUT2D eigenvalue weighted by molar-refractivity contribution is 7.92. The van der Waals surface area contributed by atoms with E-state index in [1.807, 2.05) is 0 Å². The van der Waals surface area contributed by atoms with Crippen molar-refractivity contribution < 1.29 is 31.9 Å². The van der Waals surface area contributed by atoms with E-state index in [1.165, 1.54) is 48.0 Å². The average molecular weight is 443 g/mol. The van der Waals surface area contributed by atoms with Crippen LogP contribution in [0.5, 0.6) is 0 Å². The summed E-state index contributed by atoms with van der Waals surface area (Å²) in [5.41, 5.74) is 0.874. The summed E-state index contributed by atoms with van der Waals surface area (Å²) >= 11 is 0. The zero-order valence-electron chi connectivity index (χ0n) is 17.0. The standard InChI is InChI=1S/C22H21NO7S/c1-3-23(17-7-5-4-6-8-17)31(26,27)18-11-9-16(10-12-18)21(24)30-15-20-19(13-14-29-20)22(25)28-2/h4-14H,3,15H2,1-2H3. The van der Waals surface area contributed by atoms with E-state index < -0.39 is 22.0 Å². The molecule has 2 aromatic carbocycles. The van der Waals surface area contributed by atoms with Crippen LogP contribution in [0, 0.1) is 0 Å². The quantitative estimate of drug-likeness (QED) is 0.490. The summed E-state index contributed by atoms with van der Waals surface area (Å²) in [7, 11) is -2.56. The summed E-state index contributed by atoms with van der Waals surface area (Å²) in [6, 6.07) is 15.6. The molecule has 9 heteroatoms. The number of sulfonamides is 1. The Bertz CT molecular complexity index is 1150. The Morgan fingerprint density at radius 1 is 0.968 bits per heavy atom. The molecular formula is C22H21NO7S. The van der Waals surface area contributed by atoms with Crippen molar-refractivity contribution in [2.24, 2.45) is 0 Å². The average Bonchev–Trinajstić information content (AvgIpc) is 3.26. The SMILES string of the molecule is CCN(c1ccccc1)S(=O)(=O)c1ccc(C(=O)OCc2occc2C(=O)OC)cc1. The molecular weight excluding hydrogens is 422 g/mol. The third-order valence-corrected chi connectivity index (χ3v) is 6.41. The number of methoxy groups -OCH3 is 1. The lowest BCUT2D eigenvalue weighted by Gasteiger charge is -2.22. The van der Waals surface area contributed by atoms with Gasteiger partial charge in [-0.25, -0.2) is 18.0 Å². The highest BCUT2D eigenvalue weighted by Crippen LogP contribution is 2.23. The molecule has 3 aromatic rings. The topological polar surface area (TPSA) is 103 Å². The third-order valence-electron chi connectivity index (χ3n) is 4.49. The van der Waals surface area contributed by atoms with Gasteiger partial charge < -0.3 is 13.9 Å². The number of anilines is 1. The van der Waals surface area contributed by atoms with Crippen molar-refractivity contribution in [1.82, 2.24) is 0 Å². The first-order chi connectivity index (χ1) is 14.9. The van der Waals surface area contributed by atoms with Crippen LogP contribution in [0.1, 0.15) is 33.4 Å². The number of carbonyl (C=O) groups is 2. The number of carbonyl (C=O) groups excluding carboxylic acids is 2. The van der Waals surface area contributed by atoms with Crippen molar-refractivity contribution in [3.8, 4) is 0 Å². The maximum Gasteiger partial charge on any atom is 0.341 e. The predicted molar refractivity (Wildman–Crippen MR) is 112 cm³/mol. The minimum Gasteiger partial charge on any atom is -0.465 e. The molecule has 0 radical (unpaired) electrons. The Hall–Kier alpha value is -3.59. The number of ether oxygens (including phenoxy) is 2. The second-order valence-electron chi connectivity index (χ2n) is 6.35. The Kier molecular flexibility index (Phi) is 6.76. The summed E-state index contributed by atoms with van der Waals surface area (Å²) in [6.45, 7) is 1.73. The largest absolute Gasteiger partial charge is 0.465 e. The fourth-order valence-electron chi connectivity index (χ4n) is 2.93. The molecule has 1 heterocycles. The van der Waals surface area contributed by atoms with E-state index >= 15 is 0 Å². The minimum atomic E-state index is -3.80. The van der Waals surface area contributed by atoms with Crippen LogP contribution in [-0.2, 0) is 26.1 Å². The first kappa shape index (κ1) is 22.1. The molecule has 0 atom stereocenters. The molecule has 31 heavy (non-hydrogen) atoms. The minimum absolute atomic E-state index is 0.0498.